The van der Waals surface area contributed by atoms with Crippen molar-refractivity contribution in [3.63, 3.8) is 0 Å². The van der Waals surface area contributed by atoms with E-state index in [-0.39, 0.29) is 17.2 Å². The molecule has 2 unspecified atom stereocenters. The molecular weight excluding hydrogens is 313 g/mol. The Bertz CT molecular complexity index is 695. The number of para-hydroxylation sites is 1. The molecule has 1 amide bonds. The molecule has 120 valence electrons. The number of hydrazine groups is 1. The molecule has 2 aromatic rings. The summed E-state index contributed by atoms with van der Waals surface area (Å²) >= 11 is 1.52. The first kappa shape index (κ1) is 15.8. The summed E-state index contributed by atoms with van der Waals surface area (Å²) in [6.07, 6.45) is 1.93. The van der Waals surface area contributed by atoms with Crippen LogP contribution in [-0.4, -0.2) is 22.7 Å². The van der Waals surface area contributed by atoms with Crippen LogP contribution in [0.1, 0.15) is 12.5 Å². The van der Waals surface area contributed by atoms with Crippen molar-refractivity contribution in [1.29, 1.82) is 0 Å². The van der Waals surface area contributed by atoms with Gasteiger partial charge in [-0.3, -0.25) is 15.5 Å². The molecule has 0 bridgehead atoms. The number of rotatable bonds is 4. The van der Waals surface area contributed by atoms with Crippen LogP contribution in [0.2, 0.25) is 0 Å². The van der Waals surface area contributed by atoms with Crippen LogP contribution >= 0.6 is 11.8 Å². The summed E-state index contributed by atoms with van der Waals surface area (Å²) in [6.45, 7) is 1.82. The van der Waals surface area contributed by atoms with Crippen LogP contribution < -0.4 is 10.7 Å². The van der Waals surface area contributed by atoms with Crippen LogP contribution in [0, 0.1) is 5.82 Å². The van der Waals surface area contributed by atoms with E-state index in [4.69, 9.17) is 0 Å². The number of hydrogen-bond donors (Lipinski definition) is 2. The Morgan fingerprint density at radius 2 is 1.83 bits per heavy atom. The van der Waals surface area contributed by atoms with Gasteiger partial charge in [-0.2, -0.15) is 0 Å². The molecule has 3 rings (SSSR count). The number of carbonyl (C=O) groups is 1. The van der Waals surface area contributed by atoms with Crippen molar-refractivity contribution in [2.45, 2.75) is 18.0 Å². The minimum absolute atomic E-state index is 0.104. The number of anilines is 1. The molecule has 1 fully saturated rings. The molecular formula is C17H18FN3OS. The highest BCUT2D eigenvalue weighted by molar-refractivity contribution is 7.99. The van der Waals surface area contributed by atoms with Crippen LogP contribution in [0.25, 0.3) is 0 Å². The number of nitrogens with zero attached hydrogens (tertiary/aromatic N) is 1. The first-order chi connectivity index (χ1) is 11.0. The van der Waals surface area contributed by atoms with Gasteiger partial charge in [-0.1, -0.05) is 30.3 Å². The molecule has 0 spiro atoms. The Balaban J connectivity index is 1.90. The normalized spacial score (nSPS) is 24.0. The van der Waals surface area contributed by atoms with E-state index in [1.165, 1.54) is 23.9 Å². The highest BCUT2D eigenvalue weighted by Gasteiger charge is 2.49. The fraction of sp³-hybridized carbons (Fsp3) is 0.235. The summed E-state index contributed by atoms with van der Waals surface area (Å²) in [5, 5.41) is 4.91. The van der Waals surface area contributed by atoms with Gasteiger partial charge in [0.05, 0.1) is 5.69 Å². The lowest BCUT2D eigenvalue weighted by atomic mass is 9.92. The fourth-order valence-corrected chi connectivity index (χ4v) is 3.35. The summed E-state index contributed by atoms with van der Waals surface area (Å²) in [4.78, 5) is 13.0. The third-order valence-electron chi connectivity index (χ3n) is 3.96. The lowest BCUT2D eigenvalue weighted by molar-refractivity contribution is -0.131. The van der Waals surface area contributed by atoms with E-state index in [0.29, 0.717) is 0 Å². The lowest BCUT2D eigenvalue weighted by Gasteiger charge is -2.24. The quantitative estimate of drug-likeness (QED) is 0.903. The van der Waals surface area contributed by atoms with Gasteiger partial charge in [0, 0.05) is 0 Å². The Morgan fingerprint density at radius 3 is 2.43 bits per heavy atom. The molecule has 1 aliphatic rings. The summed E-state index contributed by atoms with van der Waals surface area (Å²) in [7, 11) is 0. The predicted molar refractivity (Wildman–Crippen MR) is 91.1 cm³/mol. The second-order valence-electron chi connectivity index (χ2n) is 5.52. The summed E-state index contributed by atoms with van der Waals surface area (Å²) in [5.74, 6) is -0.421. The molecule has 0 saturated carbocycles. The fourth-order valence-electron chi connectivity index (χ4n) is 2.64. The van der Waals surface area contributed by atoms with Crippen molar-refractivity contribution in [3.8, 4) is 0 Å². The Kier molecular flexibility index (Phi) is 4.28. The maximum atomic E-state index is 13.2. The molecule has 2 N–H and O–H groups in total. The third-order valence-corrected chi connectivity index (χ3v) is 4.74. The van der Waals surface area contributed by atoms with Crippen molar-refractivity contribution in [3.05, 3.63) is 66.0 Å². The molecule has 0 aliphatic carbocycles. The number of carbonyl (C=O) groups excluding carboxylic acids is 1. The molecule has 2 aromatic carbocycles. The number of nitrogens with one attached hydrogen (secondary N) is 2. The number of benzene rings is 2. The molecule has 0 aromatic heterocycles. The van der Waals surface area contributed by atoms with Gasteiger partial charge >= 0.3 is 0 Å². The second-order valence-corrected chi connectivity index (χ2v) is 6.44. The van der Waals surface area contributed by atoms with E-state index >= 15 is 0 Å². The standard InChI is InChI=1S/C17H18FN3OS/c1-17(12-8-10-13(18)11-9-12)15(22)21(16(19-17)23-2)20-14-6-4-3-5-7-14/h3-11,16,19-20H,1-2H3. The van der Waals surface area contributed by atoms with E-state index in [1.54, 1.807) is 17.1 Å². The maximum absolute atomic E-state index is 13.2. The van der Waals surface area contributed by atoms with Gasteiger partial charge in [-0.15, -0.1) is 11.8 Å². The minimum atomic E-state index is -0.900. The van der Waals surface area contributed by atoms with Crippen LogP contribution in [-0.2, 0) is 10.3 Å². The highest BCUT2D eigenvalue weighted by atomic mass is 32.2. The van der Waals surface area contributed by atoms with Crippen molar-refractivity contribution < 1.29 is 9.18 Å². The summed E-state index contributed by atoms with van der Waals surface area (Å²) in [5.41, 5.74) is 3.60. The highest BCUT2D eigenvalue weighted by Crippen LogP contribution is 2.33. The second kappa shape index (κ2) is 6.22. The van der Waals surface area contributed by atoms with Gasteiger partial charge in [-0.25, -0.2) is 9.40 Å². The zero-order chi connectivity index (χ0) is 16.4. The average Bonchev–Trinajstić information content (AvgIpc) is 2.82. The molecule has 0 radical (unpaired) electrons. The minimum Gasteiger partial charge on any atom is -0.294 e. The topological polar surface area (TPSA) is 44.4 Å². The van der Waals surface area contributed by atoms with Gasteiger partial charge < -0.3 is 0 Å². The molecule has 1 saturated heterocycles. The van der Waals surface area contributed by atoms with Gasteiger partial charge in [0.15, 0.2) is 5.50 Å². The monoisotopic (exact) mass is 331 g/mol. The largest absolute Gasteiger partial charge is 0.294 e. The SMILES string of the molecule is CSC1NC(C)(c2ccc(F)cc2)C(=O)N1Nc1ccccc1. The Hall–Kier alpha value is -2.05. The van der Waals surface area contributed by atoms with Gasteiger partial charge in [0.1, 0.15) is 11.4 Å². The molecule has 2 atom stereocenters. The molecule has 4 nitrogen and oxygen atoms in total. The van der Waals surface area contributed by atoms with E-state index in [9.17, 15) is 9.18 Å². The number of amides is 1. The average molecular weight is 331 g/mol. The first-order valence-corrected chi connectivity index (χ1v) is 8.55. The number of thioether (sulfide) groups is 1. The van der Waals surface area contributed by atoms with Crippen LogP contribution in [0.3, 0.4) is 0 Å². The van der Waals surface area contributed by atoms with Crippen molar-refractivity contribution in [2.24, 2.45) is 0 Å². The summed E-state index contributed by atoms with van der Waals surface area (Å²) in [6, 6.07) is 15.6. The van der Waals surface area contributed by atoms with Crippen LogP contribution in [0.4, 0.5) is 10.1 Å². The molecule has 23 heavy (non-hydrogen) atoms. The Labute approximate surface area is 139 Å². The third kappa shape index (κ3) is 2.92. The maximum Gasteiger partial charge on any atom is 0.267 e. The van der Waals surface area contributed by atoms with Crippen molar-refractivity contribution in [1.82, 2.24) is 10.3 Å². The lowest BCUT2D eigenvalue weighted by Crippen LogP contribution is -2.41. The zero-order valence-electron chi connectivity index (χ0n) is 12.9. The number of halogens is 1. The Morgan fingerprint density at radius 1 is 1.17 bits per heavy atom. The molecule has 6 heteroatoms. The smallest absolute Gasteiger partial charge is 0.267 e. The summed E-state index contributed by atoms with van der Waals surface area (Å²) < 4.78 is 13.2. The van der Waals surface area contributed by atoms with E-state index < -0.39 is 5.54 Å². The number of hydrogen-bond acceptors (Lipinski definition) is 4. The van der Waals surface area contributed by atoms with Gasteiger partial charge in [-0.05, 0) is 43.0 Å². The molecule has 1 aliphatic heterocycles. The van der Waals surface area contributed by atoms with Gasteiger partial charge in [0.2, 0.25) is 0 Å². The molecule has 1 heterocycles. The zero-order valence-corrected chi connectivity index (χ0v) is 13.7. The van der Waals surface area contributed by atoms with Crippen LogP contribution in [0.5, 0.6) is 0 Å². The van der Waals surface area contributed by atoms with Crippen molar-refractivity contribution >= 4 is 23.4 Å². The van der Waals surface area contributed by atoms with Crippen molar-refractivity contribution in [2.75, 3.05) is 11.7 Å². The predicted octanol–water partition coefficient (Wildman–Crippen LogP) is 3.15. The van der Waals surface area contributed by atoms with Gasteiger partial charge in [0.25, 0.3) is 5.91 Å². The van der Waals surface area contributed by atoms with E-state index in [1.807, 2.05) is 43.5 Å². The van der Waals surface area contributed by atoms with E-state index in [2.05, 4.69) is 10.7 Å². The first-order valence-electron chi connectivity index (χ1n) is 7.26. The van der Waals surface area contributed by atoms with E-state index in [0.717, 1.165) is 11.3 Å². The van der Waals surface area contributed by atoms with Crippen LogP contribution in [0.15, 0.2) is 54.6 Å².